The molecule has 0 aromatic heterocycles. The van der Waals surface area contributed by atoms with Crippen molar-refractivity contribution >= 4 is 11.8 Å². The summed E-state index contributed by atoms with van der Waals surface area (Å²) in [6, 6.07) is 0. The Hall–Kier alpha value is 0.310. The van der Waals surface area contributed by atoms with Crippen molar-refractivity contribution in [3.05, 3.63) is 0 Å². The lowest BCUT2D eigenvalue weighted by molar-refractivity contribution is 0.112. The van der Waals surface area contributed by atoms with Gasteiger partial charge >= 0.3 is 0 Å². The van der Waals surface area contributed by atoms with Crippen LogP contribution in [0.5, 0.6) is 0 Å². The zero-order chi connectivity index (χ0) is 5.98. The van der Waals surface area contributed by atoms with E-state index in [1.54, 1.807) is 0 Å². The lowest BCUT2D eigenvalue weighted by atomic mass is 10.2. The SMILES string of the molecule is CC(C)C1OCCS1. The highest BCUT2D eigenvalue weighted by molar-refractivity contribution is 8.00. The topological polar surface area (TPSA) is 9.23 Å². The number of hydrogen-bond donors (Lipinski definition) is 0. The second-order valence-corrected chi connectivity index (χ2v) is 3.56. The number of ether oxygens (including phenoxy) is 1. The minimum atomic E-state index is 0.481. The molecule has 0 bridgehead atoms. The molecule has 1 nitrogen and oxygen atoms in total. The third kappa shape index (κ3) is 1.39. The van der Waals surface area contributed by atoms with Gasteiger partial charge in [0.1, 0.15) is 5.44 Å². The molecule has 1 aliphatic rings. The molecule has 8 heavy (non-hydrogen) atoms. The summed E-state index contributed by atoms with van der Waals surface area (Å²) in [6.07, 6.45) is 0. The number of thioether (sulfide) groups is 1. The third-order valence-corrected chi connectivity index (χ3v) is 2.60. The molecule has 0 N–H and O–H groups in total. The van der Waals surface area contributed by atoms with E-state index in [0.29, 0.717) is 11.4 Å². The average molecular weight is 132 g/mol. The van der Waals surface area contributed by atoms with Crippen LogP contribution in [0.2, 0.25) is 0 Å². The highest BCUT2D eigenvalue weighted by Gasteiger charge is 2.18. The van der Waals surface area contributed by atoms with Crippen molar-refractivity contribution in [3.8, 4) is 0 Å². The van der Waals surface area contributed by atoms with Gasteiger partial charge in [0, 0.05) is 5.75 Å². The van der Waals surface area contributed by atoms with Crippen LogP contribution in [0.1, 0.15) is 13.8 Å². The smallest absolute Gasteiger partial charge is 0.105 e. The van der Waals surface area contributed by atoms with Gasteiger partial charge in [0.05, 0.1) is 6.61 Å². The van der Waals surface area contributed by atoms with E-state index < -0.39 is 0 Å². The molecule has 0 radical (unpaired) electrons. The molecule has 1 atom stereocenters. The zero-order valence-corrected chi connectivity index (χ0v) is 6.20. The van der Waals surface area contributed by atoms with Gasteiger partial charge in [-0.2, -0.15) is 0 Å². The summed E-state index contributed by atoms with van der Waals surface area (Å²) >= 11 is 1.93. The maximum Gasteiger partial charge on any atom is 0.105 e. The minimum absolute atomic E-state index is 0.481. The van der Waals surface area contributed by atoms with Gasteiger partial charge in [-0.05, 0) is 5.92 Å². The van der Waals surface area contributed by atoms with Crippen LogP contribution in [0.25, 0.3) is 0 Å². The van der Waals surface area contributed by atoms with Crippen molar-refractivity contribution in [2.45, 2.75) is 19.3 Å². The second-order valence-electron chi connectivity index (χ2n) is 2.35. The first-order valence-corrected chi connectivity index (χ1v) is 4.09. The van der Waals surface area contributed by atoms with Crippen LogP contribution in [-0.4, -0.2) is 17.8 Å². The quantitative estimate of drug-likeness (QED) is 0.537. The van der Waals surface area contributed by atoms with Crippen LogP contribution in [0.3, 0.4) is 0 Å². The normalized spacial score (nSPS) is 29.6. The molecule has 0 aliphatic carbocycles. The minimum Gasteiger partial charge on any atom is -0.366 e. The highest BCUT2D eigenvalue weighted by Crippen LogP contribution is 2.25. The van der Waals surface area contributed by atoms with Crippen LogP contribution in [0.15, 0.2) is 0 Å². The Morgan fingerprint density at radius 3 is 2.62 bits per heavy atom. The molecule has 1 saturated heterocycles. The molecule has 0 amide bonds. The highest BCUT2D eigenvalue weighted by atomic mass is 32.2. The molecule has 48 valence electrons. The Kier molecular flexibility index (Phi) is 2.20. The van der Waals surface area contributed by atoms with Crippen molar-refractivity contribution in [1.29, 1.82) is 0 Å². The van der Waals surface area contributed by atoms with Crippen LogP contribution in [0, 0.1) is 5.92 Å². The summed E-state index contributed by atoms with van der Waals surface area (Å²) in [5, 5.41) is 0. The number of rotatable bonds is 1. The van der Waals surface area contributed by atoms with Gasteiger partial charge in [0.2, 0.25) is 0 Å². The van der Waals surface area contributed by atoms with Crippen molar-refractivity contribution in [3.63, 3.8) is 0 Å². The Morgan fingerprint density at radius 1 is 1.62 bits per heavy atom. The largest absolute Gasteiger partial charge is 0.366 e. The van der Waals surface area contributed by atoms with E-state index in [0.717, 1.165) is 6.61 Å². The third-order valence-electron chi connectivity index (χ3n) is 1.19. The molecule has 1 rings (SSSR count). The molecular formula is C6H12OS. The first-order chi connectivity index (χ1) is 3.80. The first kappa shape index (κ1) is 6.43. The van der Waals surface area contributed by atoms with Gasteiger partial charge in [-0.25, -0.2) is 0 Å². The summed E-state index contributed by atoms with van der Waals surface area (Å²) in [5.41, 5.74) is 0.481. The van der Waals surface area contributed by atoms with E-state index in [-0.39, 0.29) is 0 Å². The van der Waals surface area contributed by atoms with Crippen LogP contribution < -0.4 is 0 Å². The van der Waals surface area contributed by atoms with Crippen molar-refractivity contribution in [1.82, 2.24) is 0 Å². The van der Waals surface area contributed by atoms with E-state index in [4.69, 9.17) is 4.74 Å². The van der Waals surface area contributed by atoms with E-state index in [1.165, 1.54) is 5.75 Å². The Balaban J connectivity index is 2.24. The lowest BCUT2D eigenvalue weighted by Gasteiger charge is -2.10. The average Bonchev–Trinajstić information content (AvgIpc) is 2.12. The lowest BCUT2D eigenvalue weighted by Crippen LogP contribution is -2.08. The summed E-state index contributed by atoms with van der Waals surface area (Å²) in [6.45, 7) is 5.35. The van der Waals surface area contributed by atoms with Crippen molar-refractivity contribution < 1.29 is 4.74 Å². The van der Waals surface area contributed by atoms with Gasteiger partial charge in [0.25, 0.3) is 0 Å². The molecule has 0 aromatic rings. The van der Waals surface area contributed by atoms with Crippen LogP contribution in [0.4, 0.5) is 0 Å². The van der Waals surface area contributed by atoms with E-state index in [1.807, 2.05) is 11.8 Å². The molecule has 1 unspecified atom stereocenters. The monoisotopic (exact) mass is 132 g/mol. The predicted octanol–water partition coefficient (Wildman–Crippen LogP) is 1.73. The van der Waals surface area contributed by atoms with Gasteiger partial charge in [-0.3, -0.25) is 0 Å². The second kappa shape index (κ2) is 2.74. The fourth-order valence-corrected chi connectivity index (χ4v) is 1.76. The van der Waals surface area contributed by atoms with Gasteiger partial charge < -0.3 is 4.74 Å². The molecule has 1 aliphatic heterocycles. The van der Waals surface area contributed by atoms with Gasteiger partial charge in [0.15, 0.2) is 0 Å². The molecule has 0 spiro atoms. The molecule has 1 fully saturated rings. The predicted molar refractivity (Wildman–Crippen MR) is 37.0 cm³/mol. The first-order valence-electron chi connectivity index (χ1n) is 3.04. The maximum atomic E-state index is 5.38. The number of hydrogen-bond acceptors (Lipinski definition) is 2. The molecule has 0 aromatic carbocycles. The molecule has 1 heterocycles. The standard InChI is InChI=1S/C6H12OS/c1-5(2)6-7-3-4-8-6/h5-6H,3-4H2,1-2H3. The molecule has 2 heteroatoms. The maximum absolute atomic E-state index is 5.38. The fourth-order valence-electron chi connectivity index (χ4n) is 0.762. The summed E-state index contributed by atoms with van der Waals surface area (Å²) in [5.74, 6) is 1.87. The van der Waals surface area contributed by atoms with Crippen molar-refractivity contribution in [2.24, 2.45) is 5.92 Å². The zero-order valence-electron chi connectivity index (χ0n) is 5.39. The summed E-state index contributed by atoms with van der Waals surface area (Å²) in [7, 11) is 0. The van der Waals surface area contributed by atoms with E-state index >= 15 is 0 Å². The summed E-state index contributed by atoms with van der Waals surface area (Å²) < 4.78 is 5.38. The Morgan fingerprint density at radius 2 is 2.38 bits per heavy atom. The fraction of sp³-hybridized carbons (Fsp3) is 1.00. The van der Waals surface area contributed by atoms with Gasteiger partial charge in [-0.15, -0.1) is 11.8 Å². The van der Waals surface area contributed by atoms with Gasteiger partial charge in [-0.1, -0.05) is 13.8 Å². The van der Waals surface area contributed by atoms with E-state index in [2.05, 4.69) is 13.8 Å². The van der Waals surface area contributed by atoms with E-state index in [9.17, 15) is 0 Å². The molecular weight excluding hydrogens is 120 g/mol. The van der Waals surface area contributed by atoms with Crippen molar-refractivity contribution in [2.75, 3.05) is 12.4 Å². The summed E-state index contributed by atoms with van der Waals surface area (Å²) in [4.78, 5) is 0. The van der Waals surface area contributed by atoms with Crippen LogP contribution in [-0.2, 0) is 4.74 Å². The Bertz CT molecular complexity index is 66.9. The molecule has 0 saturated carbocycles. The Labute approximate surface area is 54.8 Å². The van der Waals surface area contributed by atoms with Crippen LogP contribution >= 0.6 is 11.8 Å².